The van der Waals surface area contributed by atoms with Crippen LogP contribution in [0.1, 0.15) is 76.6 Å². The number of guanidine groups is 1. The van der Waals surface area contributed by atoms with Crippen LogP contribution in [-0.2, 0) is 57.6 Å². The van der Waals surface area contributed by atoms with Gasteiger partial charge in [-0.1, -0.05) is 63.2 Å². The first kappa shape index (κ1) is 58.4. The maximum absolute atomic E-state index is 14.6. The number of aliphatic carboxylic acids is 1. The molecule has 23 nitrogen and oxygen atoms in total. The molecule has 398 valence electrons. The van der Waals surface area contributed by atoms with E-state index in [0.29, 0.717) is 29.0 Å². The number of hydrogen-bond acceptors (Lipinski definition) is 13. The number of imidazole rings is 1. The van der Waals surface area contributed by atoms with Crippen LogP contribution in [0.5, 0.6) is 5.75 Å². The predicted molar refractivity (Wildman–Crippen MR) is 274 cm³/mol. The minimum atomic E-state index is -1.36. The maximum atomic E-state index is 14.6. The van der Waals surface area contributed by atoms with Gasteiger partial charge in [0.1, 0.15) is 48.0 Å². The first-order chi connectivity index (χ1) is 34.8. The lowest BCUT2D eigenvalue weighted by atomic mass is 9.99. The molecule has 4 rings (SSSR count). The highest BCUT2D eigenvalue weighted by molar-refractivity contribution is 7.99. The summed E-state index contributed by atoms with van der Waals surface area (Å²) in [5, 5.41) is 36.3. The third-order valence-corrected chi connectivity index (χ3v) is 13.1. The van der Waals surface area contributed by atoms with Gasteiger partial charge in [0.2, 0.25) is 41.4 Å². The second-order valence-electron chi connectivity index (χ2n) is 18.2. The van der Waals surface area contributed by atoms with E-state index in [2.05, 4.69) is 46.9 Å². The smallest absolute Gasteiger partial charge is 0.326 e. The Morgan fingerprint density at radius 3 is 2.01 bits per heavy atom. The number of nitrogens with two attached hydrogens (primary N) is 3. The quantitative estimate of drug-likeness (QED) is 0.0233. The van der Waals surface area contributed by atoms with E-state index in [-0.39, 0.29) is 69.1 Å². The highest BCUT2D eigenvalue weighted by Crippen LogP contribution is 2.21. The van der Waals surface area contributed by atoms with Gasteiger partial charge in [-0.15, -0.1) is 0 Å². The average Bonchev–Trinajstić information content (AvgIpc) is 4.07. The van der Waals surface area contributed by atoms with Crippen molar-refractivity contribution in [2.75, 3.05) is 24.6 Å². The van der Waals surface area contributed by atoms with Gasteiger partial charge in [-0.05, 0) is 74.0 Å². The second-order valence-corrected chi connectivity index (χ2v) is 19.4. The van der Waals surface area contributed by atoms with E-state index in [1.165, 1.54) is 48.2 Å². The maximum Gasteiger partial charge on any atom is 0.326 e. The van der Waals surface area contributed by atoms with Gasteiger partial charge in [-0.2, -0.15) is 11.8 Å². The zero-order chi connectivity index (χ0) is 53.6. The van der Waals surface area contributed by atoms with Crippen LogP contribution in [0.4, 0.5) is 0 Å². The molecule has 0 aliphatic carbocycles. The summed E-state index contributed by atoms with van der Waals surface area (Å²) in [6.07, 6.45) is 4.46. The van der Waals surface area contributed by atoms with Crippen LogP contribution < -0.4 is 49.1 Å². The number of carboxylic acids is 1. The Kier molecular flexibility index (Phi) is 23.5. The number of nitrogens with zero attached hydrogens (tertiary/aromatic N) is 3. The molecule has 1 aliphatic heterocycles. The van der Waals surface area contributed by atoms with E-state index in [4.69, 9.17) is 17.2 Å². The Hall–Kier alpha value is -7.21. The van der Waals surface area contributed by atoms with Crippen molar-refractivity contribution in [3.05, 3.63) is 83.9 Å². The molecular weight excluding hydrogens is 963 g/mol. The fourth-order valence-electron chi connectivity index (χ4n) is 7.91. The number of carboxylic acid groups (broad SMARTS) is 1. The Morgan fingerprint density at radius 1 is 0.781 bits per heavy atom. The van der Waals surface area contributed by atoms with Gasteiger partial charge in [0.15, 0.2) is 5.96 Å². The number of nitrogens with one attached hydrogen (secondary N) is 7. The Balaban J connectivity index is 1.59. The molecule has 2 aromatic carbocycles. The Labute approximate surface area is 428 Å². The van der Waals surface area contributed by atoms with Gasteiger partial charge < -0.3 is 69.2 Å². The molecular formula is C49H71N13O10S. The molecule has 73 heavy (non-hydrogen) atoms. The van der Waals surface area contributed by atoms with Crippen LogP contribution in [0.15, 0.2) is 72.1 Å². The van der Waals surface area contributed by atoms with E-state index in [0.717, 1.165) is 6.42 Å². The fourth-order valence-corrected chi connectivity index (χ4v) is 8.84. The highest BCUT2D eigenvalue weighted by Gasteiger charge is 2.40. The van der Waals surface area contributed by atoms with E-state index in [1.54, 1.807) is 56.3 Å². The summed E-state index contributed by atoms with van der Waals surface area (Å²) in [6.45, 7) is 7.05. The molecule has 24 heteroatoms. The molecule has 15 N–H and O–H groups in total. The van der Waals surface area contributed by atoms with Crippen molar-refractivity contribution in [3.8, 4) is 5.75 Å². The first-order valence-corrected chi connectivity index (χ1v) is 25.5. The molecule has 0 spiro atoms. The standard InChI is InChI=1S/C49H71N13O10S/c1-5-21-73-26-38(44(67)58-36(24-32-25-53-27-55-32)47(70)62-20-10-14-39(62)45(68)59-37(48(71)72)23-30-11-7-6-8-12-30)60-43(66)35(22-31-15-17-33(63)18-16-31)57-46(69)40(28(2)3)61-42(65)34(56-41(64)29(4)50)13-9-19-54-49(51)52/h6-8,11-12,15-18,25,27-29,34-40,63H,5,9-10,13-14,19-24,26,50H2,1-4H3,(H,53,55)(H,56,64)(H,57,69)(H,58,67)(H,59,68)(H,60,66)(H,61,65)(H,71,72)(H4,51,52,54)/t29-,34+,35+,36+,37+,38+,39+,40+/m1/s1. The number of aromatic nitrogens is 2. The topological polar surface area (TPSA) is 372 Å². The van der Waals surface area contributed by atoms with E-state index >= 15 is 0 Å². The number of carbonyl (C=O) groups excluding carboxylic acids is 7. The normalized spacial score (nSPS) is 16.1. The number of hydrogen-bond donors (Lipinski definition) is 12. The summed E-state index contributed by atoms with van der Waals surface area (Å²) in [5.41, 5.74) is 18.3. The molecule has 0 saturated carbocycles. The molecule has 2 heterocycles. The number of carbonyl (C=O) groups is 8. The van der Waals surface area contributed by atoms with Crippen molar-refractivity contribution >= 4 is 65.0 Å². The summed E-state index contributed by atoms with van der Waals surface area (Å²) in [4.78, 5) is 123. The largest absolute Gasteiger partial charge is 0.508 e. The first-order valence-electron chi connectivity index (χ1n) is 24.3. The van der Waals surface area contributed by atoms with Crippen molar-refractivity contribution in [1.82, 2.24) is 46.8 Å². The van der Waals surface area contributed by atoms with Crippen molar-refractivity contribution in [3.63, 3.8) is 0 Å². The molecule has 1 fully saturated rings. The number of benzene rings is 2. The van der Waals surface area contributed by atoms with Gasteiger partial charge in [-0.3, -0.25) is 38.6 Å². The van der Waals surface area contributed by atoms with Crippen molar-refractivity contribution < 1.29 is 48.6 Å². The molecule has 0 unspecified atom stereocenters. The average molecular weight is 1030 g/mol. The van der Waals surface area contributed by atoms with Crippen LogP contribution in [-0.4, -0.2) is 151 Å². The summed E-state index contributed by atoms with van der Waals surface area (Å²) < 4.78 is 0. The van der Waals surface area contributed by atoms with Crippen molar-refractivity contribution in [2.45, 2.75) is 127 Å². The molecule has 1 saturated heterocycles. The molecule has 0 bridgehead atoms. The summed E-state index contributed by atoms with van der Waals surface area (Å²) >= 11 is 1.37. The van der Waals surface area contributed by atoms with E-state index in [9.17, 15) is 48.6 Å². The third kappa shape index (κ3) is 19.1. The van der Waals surface area contributed by atoms with Crippen LogP contribution in [0.2, 0.25) is 0 Å². The molecule has 8 atom stereocenters. The monoisotopic (exact) mass is 1030 g/mol. The lowest BCUT2D eigenvalue weighted by Gasteiger charge is -2.31. The summed E-state index contributed by atoms with van der Waals surface area (Å²) in [5.74, 6) is -6.22. The zero-order valence-corrected chi connectivity index (χ0v) is 42.5. The second kappa shape index (κ2) is 29.3. The lowest BCUT2D eigenvalue weighted by Crippen LogP contribution is -2.61. The number of aromatic hydroxyl groups is 1. The van der Waals surface area contributed by atoms with Crippen LogP contribution in [0.3, 0.4) is 0 Å². The Bertz CT molecular complexity index is 2330. The summed E-state index contributed by atoms with van der Waals surface area (Å²) in [6, 6.07) is 5.16. The Morgan fingerprint density at radius 2 is 1.40 bits per heavy atom. The third-order valence-electron chi connectivity index (χ3n) is 11.8. The summed E-state index contributed by atoms with van der Waals surface area (Å²) in [7, 11) is 0. The predicted octanol–water partition coefficient (Wildman–Crippen LogP) is -0.672. The zero-order valence-electron chi connectivity index (χ0n) is 41.7. The number of phenolic OH excluding ortho intramolecular Hbond substituents is 1. The number of phenols is 1. The highest BCUT2D eigenvalue weighted by atomic mass is 32.2. The van der Waals surface area contributed by atoms with Crippen molar-refractivity contribution in [1.29, 1.82) is 0 Å². The SMILES string of the molecule is CCCSC[C@H](NC(=O)[C@H](Cc1ccc(O)cc1)NC(=O)[C@@H](NC(=O)[C@H](CCCN=C(N)N)NC(=O)[C@@H](C)N)C(C)C)C(=O)N[C@@H](Cc1cnc[nH]1)C(=O)N1CCC[C@H]1C(=O)N[C@@H](Cc1ccccc1)C(=O)O. The number of aromatic amines is 1. The number of amides is 7. The van der Waals surface area contributed by atoms with E-state index < -0.39 is 102 Å². The number of likely N-dealkylation sites (tertiary alicyclic amines) is 1. The van der Waals surface area contributed by atoms with Gasteiger partial charge in [-0.25, -0.2) is 9.78 Å². The molecule has 1 aliphatic rings. The number of rotatable bonds is 29. The van der Waals surface area contributed by atoms with Crippen LogP contribution in [0, 0.1) is 5.92 Å². The molecule has 3 aromatic rings. The van der Waals surface area contributed by atoms with Crippen LogP contribution >= 0.6 is 11.8 Å². The number of thioether (sulfide) groups is 1. The van der Waals surface area contributed by atoms with Gasteiger partial charge in [0.25, 0.3) is 0 Å². The molecule has 1 aromatic heterocycles. The van der Waals surface area contributed by atoms with Crippen LogP contribution in [0.25, 0.3) is 0 Å². The minimum Gasteiger partial charge on any atom is -0.508 e. The van der Waals surface area contributed by atoms with E-state index in [1.807, 2.05) is 6.92 Å². The number of aliphatic imine (C=N–C) groups is 1. The molecule has 7 amide bonds. The fraction of sp³-hybridized carbons (Fsp3) is 0.510. The number of H-pyrrole nitrogens is 1. The van der Waals surface area contributed by atoms with Gasteiger partial charge in [0.05, 0.1) is 12.4 Å². The van der Waals surface area contributed by atoms with Crippen molar-refractivity contribution in [2.24, 2.45) is 28.1 Å². The minimum absolute atomic E-state index is 0.0125. The van der Waals surface area contributed by atoms with Gasteiger partial charge in [0, 0.05) is 50.0 Å². The lowest BCUT2D eigenvalue weighted by molar-refractivity contribution is -0.145. The molecule has 0 radical (unpaired) electrons. The van der Waals surface area contributed by atoms with Gasteiger partial charge >= 0.3 is 5.97 Å².